The Labute approximate surface area is 190 Å². The fraction of sp³-hybridized carbons (Fsp3) is 0.259. The molecule has 1 atom stereocenters. The Balaban J connectivity index is 0.00000385. The minimum Gasteiger partial charge on any atom is -0.459 e. The monoisotopic (exact) mass is 433 g/mol. The molecule has 0 saturated carbocycles. The number of nitrogens with one attached hydrogen (secondary N) is 1. The molecule has 3 aromatic rings. The van der Waals surface area contributed by atoms with E-state index < -0.39 is 23.7 Å². The molecular weight excluding hydrogens is 402 g/mol. The lowest BCUT2D eigenvalue weighted by molar-refractivity contribution is -0.147. The topological polar surface area (TPSA) is 64.6 Å². The van der Waals surface area contributed by atoms with E-state index in [1.54, 1.807) is 20.8 Å². The van der Waals surface area contributed by atoms with Gasteiger partial charge in [-0.05, 0) is 43.0 Å². The highest BCUT2D eigenvalue weighted by molar-refractivity contribution is 5.82. The molecule has 0 spiro atoms. The summed E-state index contributed by atoms with van der Waals surface area (Å²) in [7, 11) is 0. The Bertz CT molecular complexity index is 1020. The van der Waals surface area contributed by atoms with Gasteiger partial charge in [0.2, 0.25) is 0 Å². The van der Waals surface area contributed by atoms with Gasteiger partial charge >= 0.3 is 12.1 Å². The number of ether oxygens (including phenoxy) is 2. The summed E-state index contributed by atoms with van der Waals surface area (Å²) >= 11 is 0. The number of amides is 1. The van der Waals surface area contributed by atoms with Gasteiger partial charge in [0, 0.05) is 7.85 Å². The number of hydrogen-bond donors (Lipinski definition) is 1. The summed E-state index contributed by atoms with van der Waals surface area (Å²) in [5.41, 5.74) is 3.31. The summed E-state index contributed by atoms with van der Waals surface area (Å²) in [5, 5.41) is 2.67. The van der Waals surface area contributed by atoms with Gasteiger partial charge in [0.05, 0.1) is 0 Å². The Kier molecular flexibility index (Phi) is 7.66. The molecule has 0 bridgehead atoms. The van der Waals surface area contributed by atoms with Crippen molar-refractivity contribution in [3.63, 3.8) is 0 Å². The molecule has 3 aromatic carbocycles. The van der Waals surface area contributed by atoms with Gasteiger partial charge in [-0.15, -0.1) is 0 Å². The standard InChI is InChI=1S/C27H29NO4.H2/c1-27(2,3)32-26(30)28-24(25(29)31-19-21-10-6-4-7-11-21)18-20-14-16-23(17-15-20)22-12-8-5-9-13-22;/h4-17,24H,18-19H2,1-3H3,(H,28,30);1H/t24-;/m0./s1. The van der Waals surface area contributed by atoms with Crippen LogP contribution in [-0.4, -0.2) is 23.7 Å². The molecule has 1 N–H and O–H groups in total. The van der Waals surface area contributed by atoms with Crippen LogP contribution in [0.4, 0.5) is 4.79 Å². The van der Waals surface area contributed by atoms with Gasteiger partial charge in [-0.1, -0.05) is 84.9 Å². The number of carbonyl (C=O) groups excluding carboxylic acids is 2. The fourth-order valence-electron chi connectivity index (χ4n) is 3.17. The second kappa shape index (κ2) is 10.6. The maximum Gasteiger partial charge on any atom is 0.408 e. The van der Waals surface area contributed by atoms with Crippen molar-refractivity contribution in [3.8, 4) is 11.1 Å². The Morgan fingerprint density at radius 1 is 0.812 bits per heavy atom. The zero-order chi connectivity index (χ0) is 23.0. The van der Waals surface area contributed by atoms with Crippen molar-refractivity contribution in [1.29, 1.82) is 0 Å². The molecular formula is C27H31NO4. The minimum atomic E-state index is -0.865. The van der Waals surface area contributed by atoms with Gasteiger partial charge < -0.3 is 14.8 Å². The highest BCUT2D eigenvalue weighted by Gasteiger charge is 2.26. The summed E-state index contributed by atoms with van der Waals surface area (Å²) in [6.45, 7) is 5.46. The average molecular weight is 434 g/mol. The molecule has 0 aliphatic rings. The van der Waals surface area contributed by atoms with Crippen molar-refractivity contribution in [3.05, 3.63) is 96.1 Å². The molecule has 0 saturated heterocycles. The fourth-order valence-corrected chi connectivity index (χ4v) is 3.17. The molecule has 0 heterocycles. The maximum absolute atomic E-state index is 12.8. The second-order valence-electron chi connectivity index (χ2n) is 8.56. The summed E-state index contributed by atoms with van der Waals surface area (Å²) in [5.74, 6) is -0.508. The van der Waals surface area contributed by atoms with Gasteiger partial charge in [0.25, 0.3) is 0 Å². The minimum absolute atomic E-state index is 0. The van der Waals surface area contributed by atoms with E-state index in [1.165, 1.54) is 0 Å². The van der Waals surface area contributed by atoms with Crippen LogP contribution < -0.4 is 5.32 Å². The molecule has 0 aliphatic carbocycles. The summed E-state index contributed by atoms with van der Waals surface area (Å²) in [6, 6.07) is 26.5. The normalized spacial score (nSPS) is 12.0. The van der Waals surface area contributed by atoms with Crippen LogP contribution in [0.3, 0.4) is 0 Å². The van der Waals surface area contributed by atoms with E-state index >= 15 is 0 Å². The molecule has 0 radical (unpaired) electrons. The third-order valence-corrected chi connectivity index (χ3v) is 4.70. The van der Waals surface area contributed by atoms with Crippen LogP contribution in [0.1, 0.15) is 33.3 Å². The first-order valence-corrected chi connectivity index (χ1v) is 10.6. The van der Waals surface area contributed by atoms with Crippen molar-refractivity contribution in [1.82, 2.24) is 5.32 Å². The van der Waals surface area contributed by atoms with Crippen LogP contribution in [0.25, 0.3) is 11.1 Å². The average Bonchev–Trinajstić information content (AvgIpc) is 2.77. The lowest BCUT2D eigenvalue weighted by atomic mass is 10.0. The Morgan fingerprint density at radius 3 is 1.97 bits per heavy atom. The predicted octanol–water partition coefficient (Wildman–Crippen LogP) is 5.78. The van der Waals surface area contributed by atoms with E-state index in [0.29, 0.717) is 6.42 Å². The first-order valence-electron chi connectivity index (χ1n) is 10.6. The van der Waals surface area contributed by atoms with Crippen LogP contribution >= 0.6 is 0 Å². The molecule has 0 aromatic heterocycles. The van der Waals surface area contributed by atoms with Gasteiger partial charge in [-0.25, -0.2) is 9.59 Å². The highest BCUT2D eigenvalue weighted by Crippen LogP contribution is 2.20. The first-order chi connectivity index (χ1) is 15.3. The predicted molar refractivity (Wildman–Crippen MR) is 127 cm³/mol. The number of alkyl carbamates (subject to hydrolysis) is 1. The van der Waals surface area contributed by atoms with Crippen molar-refractivity contribution < 1.29 is 20.5 Å². The van der Waals surface area contributed by atoms with E-state index in [-0.39, 0.29) is 8.03 Å². The Morgan fingerprint density at radius 2 is 1.38 bits per heavy atom. The van der Waals surface area contributed by atoms with Crippen molar-refractivity contribution in [2.75, 3.05) is 0 Å². The molecule has 0 unspecified atom stereocenters. The van der Waals surface area contributed by atoms with Crippen LogP contribution in [0, 0.1) is 0 Å². The summed E-state index contributed by atoms with van der Waals surface area (Å²) in [6.07, 6.45) is -0.359. The van der Waals surface area contributed by atoms with Gasteiger partial charge in [0.15, 0.2) is 0 Å². The highest BCUT2D eigenvalue weighted by atomic mass is 16.6. The van der Waals surface area contributed by atoms with Crippen LogP contribution in [-0.2, 0) is 27.3 Å². The molecule has 5 heteroatoms. The van der Waals surface area contributed by atoms with Gasteiger partial charge in [-0.2, -0.15) is 0 Å². The van der Waals surface area contributed by atoms with Gasteiger partial charge in [0.1, 0.15) is 18.2 Å². The number of hydrogen-bond acceptors (Lipinski definition) is 4. The van der Waals surface area contributed by atoms with Crippen LogP contribution in [0.5, 0.6) is 0 Å². The quantitative estimate of drug-likeness (QED) is 0.480. The van der Waals surface area contributed by atoms with Crippen molar-refractivity contribution >= 4 is 12.1 Å². The largest absolute Gasteiger partial charge is 0.459 e. The third-order valence-electron chi connectivity index (χ3n) is 4.70. The zero-order valence-electron chi connectivity index (χ0n) is 18.7. The van der Waals surface area contributed by atoms with E-state index in [9.17, 15) is 9.59 Å². The maximum atomic E-state index is 12.8. The molecule has 0 aliphatic heterocycles. The van der Waals surface area contributed by atoms with Crippen LogP contribution in [0.2, 0.25) is 0 Å². The number of esters is 1. The second-order valence-corrected chi connectivity index (χ2v) is 8.56. The SMILES string of the molecule is CC(C)(C)OC(=O)N[C@@H](Cc1ccc(-c2ccccc2)cc1)C(=O)OCc1ccccc1.[HH]. The summed E-state index contributed by atoms with van der Waals surface area (Å²) < 4.78 is 10.8. The van der Waals surface area contributed by atoms with Crippen molar-refractivity contribution in [2.45, 2.75) is 45.4 Å². The van der Waals surface area contributed by atoms with Crippen LogP contribution in [0.15, 0.2) is 84.9 Å². The number of carbonyl (C=O) groups is 2. The Hall–Kier alpha value is -3.60. The summed E-state index contributed by atoms with van der Waals surface area (Å²) in [4.78, 5) is 25.2. The molecule has 0 fully saturated rings. The van der Waals surface area contributed by atoms with Gasteiger partial charge in [-0.3, -0.25) is 0 Å². The molecule has 32 heavy (non-hydrogen) atoms. The van der Waals surface area contributed by atoms with Crippen molar-refractivity contribution in [2.24, 2.45) is 0 Å². The zero-order valence-corrected chi connectivity index (χ0v) is 18.7. The smallest absolute Gasteiger partial charge is 0.408 e. The van der Waals surface area contributed by atoms with E-state index in [2.05, 4.69) is 5.32 Å². The molecule has 1 amide bonds. The lowest BCUT2D eigenvalue weighted by Gasteiger charge is -2.23. The van der Waals surface area contributed by atoms with E-state index in [0.717, 1.165) is 22.3 Å². The molecule has 168 valence electrons. The third kappa shape index (κ3) is 7.27. The van der Waals surface area contributed by atoms with E-state index in [1.807, 2.05) is 84.9 Å². The van der Waals surface area contributed by atoms with E-state index in [4.69, 9.17) is 9.47 Å². The first kappa shape index (κ1) is 23.1. The molecule has 3 rings (SSSR count). The number of rotatable bonds is 7. The number of benzene rings is 3. The lowest BCUT2D eigenvalue weighted by Crippen LogP contribution is -2.45. The molecule has 5 nitrogen and oxygen atoms in total.